The maximum Gasteiger partial charge on any atom is 0.314 e. The molecular formula is C10H16N4O3. The van der Waals surface area contributed by atoms with Crippen LogP contribution < -0.4 is 10.6 Å². The Hall–Kier alpha value is -2.05. The number of aryl methyl sites for hydroxylation is 1. The number of amides is 2. The first-order valence-corrected chi connectivity index (χ1v) is 5.37. The van der Waals surface area contributed by atoms with Gasteiger partial charge in [-0.05, 0) is 6.42 Å². The molecule has 1 rings (SSSR count). The topological polar surface area (TPSA) is 96.3 Å². The molecule has 0 aliphatic rings. The van der Waals surface area contributed by atoms with Gasteiger partial charge in [0.2, 0.25) is 0 Å². The minimum Gasteiger partial charge on any atom is -0.481 e. The van der Waals surface area contributed by atoms with Crippen LogP contribution in [0.2, 0.25) is 0 Å². The maximum absolute atomic E-state index is 11.2. The van der Waals surface area contributed by atoms with Crippen LogP contribution in [0.1, 0.15) is 12.8 Å². The lowest BCUT2D eigenvalue weighted by molar-refractivity contribution is -0.136. The van der Waals surface area contributed by atoms with Gasteiger partial charge >= 0.3 is 12.0 Å². The minimum absolute atomic E-state index is 0.0670. The number of nitrogens with zero attached hydrogens (tertiary/aromatic N) is 2. The van der Waals surface area contributed by atoms with E-state index in [2.05, 4.69) is 15.6 Å². The van der Waals surface area contributed by atoms with Crippen LogP contribution in [-0.2, 0) is 11.3 Å². The number of carbonyl (C=O) groups is 2. The largest absolute Gasteiger partial charge is 0.481 e. The normalized spacial score (nSPS) is 9.88. The first-order valence-electron chi connectivity index (χ1n) is 5.37. The van der Waals surface area contributed by atoms with E-state index in [-0.39, 0.29) is 19.0 Å². The third-order valence-corrected chi connectivity index (χ3v) is 2.06. The summed E-state index contributed by atoms with van der Waals surface area (Å²) in [5, 5.41) is 13.5. The summed E-state index contributed by atoms with van der Waals surface area (Å²) in [5.41, 5.74) is 0. The van der Waals surface area contributed by atoms with Crippen LogP contribution in [0, 0.1) is 0 Å². The van der Waals surface area contributed by atoms with Gasteiger partial charge in [-0.15, -0.1) is 0 Å². The molecule has 94 valence electrons. The van der Waals surface area contributed by atoms with Gasteiger partial charge in [-0.3, -0.25) is 4.79 Å². The molecule has 17 heavy (non-hydrogen) atoms. The van der Waals surface area contributed by atoms with Crippen molar-refractivity contribution in [2.45, 2.75) is 19.4 Å². The molecule has 1 aromatic heterocycles. The van der Waals surface area contributed by atoms with Crippen molar-refractivity contribution < 1.29 is 14.7 Å². The van der Waals surface area contributed by atoms with Crippen molar-refractivity contribution in [3.8, 4) is 0 Å². The Morgan fingerprint density at radius 3 is 2.71 bits per heavy atom. The molecule has 7 heteroatoms. The Kier molecular flexibility index (Phi) is 5.56. The van der Waals surface area contributed by atoms with Gasteiger partial charge in [0, 0.05) is 32.0 Å². The van der Waals surface area contributed by atoms with Crippen molar-refractivity contribution in [1.82, 2.24) is 20.2 Å². The Balaban J connectivity index is 1.98. The van der Waals surface area contributed by atoms with Crippen LogP contribution >= 0.6 is 0 Å². The minimum atomic E-state index is -0.926. The number of nitrogens with one attached hydrogen (secondary N) is 2. The van der Waals surface area contributed by atoms with E-state index >= 15 is 0 Å². The summed E-state index contributed by atoms with van der Waals surface area (Å²) in [6, 6.07) is -0.336. The number of aromatic nitrogens is 2. The molecule has 0 bridgehead atoms. The number of aliphatic carboxylic acids is 1. The molecule has 0 saturated heterocycles. The smallest absolute Gasteiger partial charge is 0.314 e. The molecule has 1 aromatic rings. The highest BCUT2D eigenvalue weighted by atomic mass is 16.4. The van der Waals surface area contributed by atoms with Gasteiger partial charge in [0.25, 0.3) is 0 Å². The highest BCUT2D eigenvalue weighted by Crippen LogP contribution is 1.88. The zero-order valence-electron chi connectivity index (χ0n) is 9.43. The highest BCUT2D eigenvalue weighted by Gasteiger charge is 2.00. The first-order chi connectivity index (χ1) is 8.18. The summed E-state index contributed by atoms with van der Waals surface area (Å²) in [7, 11) is 0. The van der Waals surface area contributed by atoms with Crippen molar-refractivity contribution >= 4 is 12.0 Å². The molecule has 1 heterocycles. The van der Waals surface area contributed by atoms with Crippen molar-refractivity contribution in [2.24, 2.45) is 0 Å². The summed E-state index contributed by atoms with van der Waals surface area (Å²) in [5.74, 6) is -0.926. The van der Waals surface area contributed by atoms with Gasteiger partial charge in [0.15, 0.2) is 0 Å². The van der Waals surface area contributed by atoms with Gasteiger partial charge in [0.1, 0.15) is 0 Å². The van der Waals surface area contributed by atoms with E-state index < -0.39 is 5.97 Å². The molecule has 3 N–H and O–H groups in total. The maximum atomic E-state index is 11.2. The number of carbonyl (C=O) groups excluding carboxylic acids is 1. The van der Waals surface area contributed by atoms with E-state index in [0.717, 1.165) is 13.0 Å². The Labute approximate surface area is 98.8 Å². The van der Waals surface area contributed by atoms with Crippen molar-refractivity contribution in [3.63, 3.8) is 0 Å². The molecule has 0 unspecified atom stereocenters. The summed E-state index contributed by atoms with van der Waals surface area (Å²) in [6.07, 6.45) is 6.00. The lowest BCUT2D eigenvalue weighted by Gasteiger charge is -2.06. The first kappa shape index (κ1) is 13.0. The van der Waals surface area contributed by atoms with E-state index in [4.69, 9.17) is 5.11 Å². The number of hydrogen-bond donors (Lipinski definition) is 3. The molecule has 0 fully saturated rings. The van der Waals surface area contributed by atoms with Crippen molar-refractivity contribution in [3.05, 3.63) is 18.7 Å². The van der Waals surface area contributed by atoms with Crippen LogP contribution in [-0.4, -0.2) is 39.7 Å². The molecular weight excluding hydrogens is 224 g/mol. The predicted molar refractivity (Wildman–Crippen MR) is 60.5 cm³/mol. The highest BCUT2D eigenvalue weighted by molar-refractivity contribution is 5.74. The van der Waals surface area contributed by atoms with Gasteiger partial charge in [-0.25, -0.2) is 9.78 Å². The van der Waals surface area contributed by atoms with E-state index in [0.29, 0.717) is 6.54 Å². The number of imidazole rings is 1. The third kappa shape index (κ3) is 6.18. The average molecular weight is 240 g/mol. The molecule has 0 radical (unpaired) electrons. The third-order valence-electron chi connectivity index (χ3n) is 2.06. The number of urea groups is 1. The van der Waals surface area contributed by atoms with Crippen LogP contribution in [0.15, 0.2) is 18.7 Å². The van der Waals surface area contributed by atoms with Gasteiger partial charge in [0.05, 0.1) is 12.7 Å². The fourth-order valence-corrected chi connectivity index (χ4v) is 1.23. The molecule has 0 aliphatic heterocycles. The second kappa shape index (κ2) is 7.26. The van der Waals surface area contributed by atoms with E-state index in [1.54, 1.807) is 12.5 Å². The summed E-state index contributed by atoms with van der Waals surface area (Å²) in [6.45, 7) is 1.47. The predicted octanol–water partition coefficient (Wildman–Crippen LogP) is 0.0471. The monoisotopic (exact) mass is 240 g/mol. The lowest BCUT2D eigenvalue weighted by Crippen LogP contribution is -2.37. The number of carboxylic acid groups (broad SMARTS) is 1. The van der Waals surface area contributed by atoms with Crippen LogP contribution in [0.5, 0.6) is 0 Å². The lowest BCUT2D eigenvalue weighted by atomic mass is 10.4. The zero-order valence-corrected chi connectivity index (χ0v) is 9.43. The van der Waals surface area contributed by atoms with Gasteiger partial charge in [-0.1, -0.05) is 0 Å². The van der Waals surface area contributed by atoms with Gasteiger partial charge < -0.3 is 20.3 Å². The Bertz CT molecular complexity index is 350. The molecule has 0 atom stereocenters. The van der Waals surface area contributed by atoms with Crippen molar-refractivity contribution in [1.29, 1.82) is 0 Å². The van der Waals surface area contributed by atoms with Crippen molar-refractivity contribution in [2.75, 3.05) is 13.1 Å². The molecule has 2 amide bonds. The van der Waals surface area contributed by atoms with Crippen LogP contribution in [0.25, 0.3) is 0 Å². The van der Waals surface area contributed by atoms with E-state index in [1.165, 1.54) is 0 Å². The summed E-state index contributed by atoms with van der Waals surface area (Å²) in [4.78, 5) is 25.2. The quantitative estimate of drug-likeness (QED) is 0.586. The second-order valence-electron chi connectivity index (χ2n) is 3.48. The fraction of sp³-hybridized carbons (Fsp3) is 0.500. The van der Waals surface area contributed by atoms with Gasteiger partial charge in [-0.2, -0.15) is 0 Å². The van der Waals surface area contributed by atoms with E-state index in [9.17, 15) is 9.59 Å². The standard InChI is InChI=1S/C10H16N4O3/c15-9(16)2-4-13-10(17)12-3-1-6-14-7-5-11-8-14/h5,7-8H,1-4,6H2,(H,15,16)(H2,12,13,17). The molecule has 0 aliphatic carbocycles. The molecule has 7 nitrogen and oxygen atoms in total. The Morgan fingerprint density at radius 2 is 2.06 bits per heavy atom. The number of hydrogen-bond acceptors (Lipinski definition) is 3. The molecule has 0 aromatic carbocycles. The second-order valence-corrected chi connectivity index (χ2v) is 3.48. The SMILES string of the molecule is O=C(O)CCNC(=O)NCCCn1ccnc1. The van der Waals surface area contributed by atoms with Crippen LogP contribution in [0.3, 0.4) is 0 Å². The fourth-order valence-electron chi connectivity index (χ4n) is 1.23. The van der Waals surface area contributed by atoms with E-state index in [1.807, 2.05) is 10.8 Å². The number of carboxylic acids is 1. The summed E-state index contributed by atoms with van der Waals surface area (Å²) >= 11 is 0. The Morgan fingerprint density at radius 1 is 1.29 bits per heavy atom. The van der Waals surface area contributed by atoms with Crippen LogP contribution in [0.4, 0.5) is 4.79 Å². The number of rotatable bonds is 7. The summed E-state index contributed by atoms with van der Waals surface area (Å²) < 4.78 is 1.92. The zero-order chi connectivity index (χ0) is 12.5. The average Bonchev–Trinajstić information content (AvgIpc) is 2.76. The molecule has 0 saturated carbocycles. The molecule has 0 spiro atoms.